The molecular weight excluding hydrogens is 268 g/mol. The summed E-state index contributed by atoms with van der Waals surface area (Å²) in [4.78, 5) is 4.51. The molecule has 0 atom stereocenters. The number of hydrogen-bond donors (Lipinski definition) is 0. The van der Waals surface area contributed by atoms with E-state index in [9.17, 15) is 5.21 Å². The summed E-state index contributed by atoms with van der Waals surface area (Å²) in [6, 6.07) is 3.63. The van der Waals surface area contributed by atoms with E-state index >= 15 is 0 Å². The van der Waals surface area contributed by atoms with Crippen LogP contribution in [0.3, 0.4) is 0 Å². The molecule has 1 aromatic heterocycles. The van der Waals surface area contributed by atoms with Crippen LogP contribution in [0.4, 0.5) is 0 Å². The smallest absolute Gasteiger partial charge is 0.302 e. The predicted octanol–water partition coefficient (Wildman–Crippen LogP) is 2.93. The first-order valence-corrected chi connectivity index (χ1v) is 7.27. The summed E-state index contributed by atoms with van der Waals surface area (Å²) in [6.07, 6.45) is 3.90. The lowest BCUT2D eigenvalue weighted by atomic mass is 10.1. The Balaban J connectivity index is 2.52. The van der Waals surface area contributed by atoms with Gasteiger partial charge in [0.25, 0.3) is 0 Å². The molecular formula is C16H22N2O3. The van der Waals surface area contributed by atoms with Gasteiger partial charge in [-0.25, -0.2) is 4.73 Å². The highest BCUT2D eigenvalue weighted by atomic mass is 16.5. The lowest BCUT2D eigenvalue weighted by Gasteiger charge is -2.13. The third-order valence-electron chi connectivity index (χ3n) is 3.68. The van der Waals surface area contributed by atoms with Gasteiger partial charge in [-0.3, -0.25) is 0 Å². The molecule has 0 aliphatic rings. The number of hydrogen-bond acceptors (Lipinski definition) is 4. The Labute approximate surface area is 125 Å². The van der Waals surface area contributed by atoms with Crippen molar-refractivity contribution in [3.8, 4) is 11.5 Å². The van der Waals surface area contributed by atoms with Crippen LogP contribution in [0.2, 0.25) is 0 Å². The minimum Gasteiger partial charge on any atom is -0.711 e. The lowest BCUT2D eigenvalue weighted by molar-refractivity contribution is -0.622. The number of benzene rings is 1. The molecule has 0 amide bonds. The van der Waals surface area contributed by atoms with Crippen molar-refractivity contribution in [3.63, 3.8) is 0 Å². The van der Waals surface area contributed by atoms with Crippen LogP contribution in [-0.4, -0.2) is 19.2 Å². The van der Waals surface area contributed by atoms with Gasteiger partial charge in [0.1, 0.15) is 5.69 Å². The molecule has 0 aliphatic heterocycles. The summed E-state index contributed by atoms with van der Waals surface area (Å²) in [5, 5.41) is 13.1. The van der Waals surface area contributed by atoms with Gasteiger partial charge in [0.15, 0.2) is 17.0 Å². The number of rotatable bonds is 6. The molecule has 1 aromatic carbocycles. The average Bonchev–Trinajstić information content (AvgIpc) is 2.51. The third-order valence-corrected chi connectivity index (χ3v) is 3.68. The van der Waals surface area contributed by atoms with Crippen LogP contribution in [0.25, 0.3) is 10.9 Å². The van der Waals surface area contributed by atoms with E-state index in [1.807, 2.05) is 13.0 Å². The number of aryl methyl sites for hydroxylation is 2. The highest BCUT2D eigenvalue weighted by Crippen LogP contribution is 2.32. The molecule has 0 spiro atoms. The van der Waals surface area contributed by atoms with Crippen molar-refractivity contribution in [2.45, 2.75) is 39.5 Å². The Kier molecular flexibility index (Phi) is 4.83. The van der Waals surface area contributed by atoms with Crippen molar-refractivity contribution in [2.75, 3.05) is 14.2 Å². The molecule has 5 heteroatoms. The third kappa shape index (κ3) is 3.01. The maximum Gasteiger partial charge on any atom is 0.302 e. The quantitative estimate of drug-likeness (QED) is 0.466. The molecule has 0 radical (unpaired) electrons. The molecule has 114 valence electrons. The molecule has 0 unspecified atom stereocenters. The molecule has 21 heavy (non-hydrogen) atoms. The number of aromatic nitrogens is 2. The Bertz CT molecular complexity index is 641. The summed E-state index contributed by atoms with van der Waals surface area (Å²) in [5.41, 5.74) is 1.41. The molecule has 1 heterocycles. The minimum absolute atomic E-state index is 0.570. The molecule has 0 aliphatic carbocycles. The summed E-state index contributed by atoms with van der Waals surface area (Å²) < 4.78 is 11.5. The number of unbranched alkanes of at least 4 members (excludes halogenated alkanes) is 2. The van der Waals surface area contributed by atoms with Crippen LogP contribution in [0.15, 0.2) is 12.1 Å². The minimum atomic E-state index is 0.570. The highest BCUT2D eigenvalue weighted by Gasteiger charge is 2.18. The van der Waals surface area contributed by atoms with E-state index in [1.165, 1.54) is 0 Å². The zero-order chi connectivity index (χ0) is 15.4. The fourth-order valence-electron chi connectivity index (χ4n) is 2.43. The number of nitrogens with zero attached hydrogens (tertiary/aromatic N) is 2. The van der Waals surface area contributed by atoms with Gasteiger partial charge in [0.05, 0.1) is 26.0 Å². The maximum atomic E-state index is 12.3. The van der Waals surface area contributed by atoms with Gasteiger partial charge in [-0.15, -0.1) is 0 Å². The van der Waals surface area contributed by atoms with Crippen molar-refractivity contribution in [1.82, 2.24) is 4.98 Å². The van der Waals surface area contributed by atoms with E-state index in [-0.39, 0.29) is 0 Å². The molecule has 2 aromatic rings. The molecule has 0 saturated heterocycles. The predicted molar refractivity (Wildman–Crippen MR) is 81.8 cm³/mol. The van der Waals surface area contributed by atoms with Gasteiger partial charge in [-0.05, 0) is 24.4 Å². The van der Waals surface area contributed by atoms with E-state index < -0.39 is 0 Å². The number of methoxy groups -OCH3 is 2. The van der Waals surface area contributed by atoms with Crippen LogP contribution in [0.1, 0.15) is 37.7 Å². The average molecular weight is 290 g/mol. The highest BCUT2D eigenvalue weighted by molar-refractivity contribution is 5.83. The molecule has 0 saturated carbocycles. The van der Waals surface area contributed by atoms with Gasteiger partial charge < -0.3 is 14.7 Å². The summed E-state index contributed by atoms with van der Waals surface area (Å²) in [6.45, 7) is 3.95. The normalized spacial score (nSPS) is 10.9. The van der Waals surface area contributed by atoms with Gasteiger partial charge in [0.2, 0.25) is 0 Å². The Morgan fingerprint density at radius 1 is 1.14 bits per heavy atom. The molecule has 5 nitrogen and oxygen atoms in total. The second-order valence-electron chi connectivity index (χ2n) is 5.09. The zero-order valence-corrected chi connectivity index (χ0v) is 13.1. The molecule has 0 N–H and O–H groups in total. The van der Waals surface area contributed by atoms with Crippen molar-refractivity contribution in [1.29, 1.82) is 0 Å². The van der Waals surface area contributed by atoms with E-state index in [1.54, 1.807) is 20.3 Å². The summed E-state index contributed by atoms with van der Waals surface area (Å²) >= 11 is 0. The van der Waals surface area contributed by atoms with E-state index in [0.29, 0.717) is 29.4 Å². The zero-order valence-electron chi connectivity index (χ0n) is 13.1. The fourth-order valence-corrected chi connectivity index (χ4v) is 2.43. The maximum absolute atomic E-state index is 12.3. The number of fused-ring (bicyclic) bond motifs is 1. The van der Waals surface area contributed by atoms with Crippen LogP contribution in [0, 0.1) is 12.1 Å². The first kappa shape index (κ1) is 15.4. The van der Waals surface area contributed by atoms with E-state index in [0.717, 1.165) is 34.9 Å². The Hall–Kier alpha value is -2.04. The van der Waals surface area contributed by atoms with Crippen LogP contribution >= 0.6 is 0 Å². The van der Waals surface area contributed by atoms with Crippen molar-refractivity contribution < 1.29 is 14.2 Å². The topological polar surface area (TPSA) is 58.3 Å². The fraction of sp³-hybridized carbons (Fsp3) is 0.500. The van der Waals surface area contributed by atoms with Gasteiger partial charge >= 0.3 is 5.82 Å². The monoisotopic (exact) mass is 290 g/mol. The van der Waals surface area contributed by atoms with Crippen LogP contribution < -0.4 is 14.2 Å². The van der Waals surface area contributed by atoms with Crippen molar-refractivity contribution in [2.24, 2.45) is 0 Å². The Morgan fingerprint density at radius 2 is 1.81 bits per heavy atom. The second kappa shape index (κ2) is 6.61. The lowest BCUT2D eigenvalue weighted by Crippen LogP contribution is -2.37. The summed E-state index contributed by atoms with van der Waals surface area (Å²) in [5.74, 6) is 1.80. The van der Waals surface area contributed by atoms with Gasteiger partial charge in [0, 0.05) is 6.07 Å². The van der Waals surface area contributed by atoms with Gasteiger partial charge in [-0.1, -0.05) is 19.8 Å². The first-order chi connectivity index (χ1) is 10.1. The first-order valence-electron chi connectivity index (χ1n) is 7.27. The van der Waals surface area contributed by atoms with Crippen molar-refractivity contribution >= 4 is 10.9 Å². The standard InChI is InChI=1S/C16H22N2O3/c1-5-6-7-8-16-17-13-10-15(21-4)14(20-3)9-12(13)11(2)18(16)19/h9-10H,5-8H2,1-4H3. The second-order valence-corrected chi connectivity index (χ2v) is 5.09. The largest absolute Gasteiger partial charge is 0.711 e. The molecule has 0 bridgehead atoms. The van der Waals surface area contributed by atoms with Crippen molar-refractivity contribution in [3.05, 3.63) is 28.9 Å². The SMILES string of the molecule is CCCCCc1nc2cc(OC)c(OC)cc2c(C)[n+]1[O-]. The number of ether oxygens (including phenoxy) is 2. The Morgan fingerprint density at radius 3 is 2.43 bits per heavy atom. The van der Waals surface area contributed by atoms with E-state index in [4.69, 9.17) is 9.47 Å². The van der Waals surface area contributed by atoms with Crippen LogP contribution in [0.5, 0.6) is 11.5 Å². The summed E-state index contributed by atoms with van der Waals surface area (Å²) in [7, 11) is 3.17. The molecule has 0 fully saturated rings. The van der Waals surface area contributed by atoms with E-state index in [2.05, 4.69) is 11.9 Å². The molecule has 2 rings (SSSR count). The van der Waals surface area contributed by atoms with Gasteiger partial charge in [-0.2, -0.15) is 0 Å². The van der Waals surface area contributed by atoms with Crippen LogP contribution in [-0.2, 0) is 6.42 Å².